The minimum atomic E-state index is -4.78. The number of carbonyl (C=O) groups excluding carboxylic acids is 2. The molecule has 1 aromatic carbocycles. The maximum Gasteiger partial charge on any atom is 0.414 e. The van der Waals surface area contributed by atoms with Crippen molar-refractivity contribution < 1.29 is 32.2 Å². The van der Waals surface area contributed by atoms with Gasteiger partial charge in [0.15, 0.2) is 0 Å². The van der Waals surface area contributed by atoms with Gasteiger partial charge in [-0.1, -0.05) is 50.3 Å². The second-order valence-corrected chi connectivity index (χ2v) is 8.53. The van der Waals surface area contributed by atoms with Crippen molar-refractivity contribution in [1.82, 2.24) is 5.32 Å². The SMILES string of the molecule is CCOC(=O)[C@@H](/C=C(\[C@H](Cc1ccccc1)NC(=O)OC(C)(C)C)C(F)(F)F)C(C)C. The summed E-state index contributed by atoms with van der Waals surface area (Å²) in [6.07, 6.45) is -5.01. The Morgan fingerprint density at radius 3 is 2.13 bits per heavy atom. The highest BCUT2D eigenvalue weighted by Gasteiger charge is 2.41. The molecule has 0 spiro atoms. The minimum Gasteiger partial charge on any atom is -0.466 e. The standard InChI is InChI=1S/C23H32F3NO4/c1-7-30-20(28)17(15(2)3)14-18(23(24,25)26)19(13-16-11-9-8-10-12-16)27-21(29)31-22(4,5)6/h8-12,14-15,17,19H,7,13H2,1-6H3,(H,27,29)/b18-14+/t17-,19-/m0/s1. The Bertz CT molecular complexity index is 752. The summed E-state index contributed by atoms with van der Waals surface area (Å²) in [7, 11) is 0. The summed E-state index contributed by atoms with van der Waals surface area (Å²) in [5.74, 6) is -2.29. The molecule has 1 aromatic rings. The van der Waals surface area contributed by atoms with Crippen LogP contribution in [0, 0.1) is 11.8 Å². The van der Waals surface area contributed by atoms with Crippen LogP contribution in [0.15, 0.2) is 42.0 Å². The fourth-order valence-electron chi connectivity index (χ4n) is 2.91. The van der Waals surface area contributed by atoms with E-state index in [0.29, 0.717) is 5.56 Å². The molecule has 1 N–H and O–H groups in total. The Morgan fingerprint density at radius 1 is 1.10 bits per heavy atom. The molecule has 0 aromatic heterocycles. The Balaban J connectivity index is 3.42. The van der Waals surface area contributed by atoms with E-state index in [0.717, 1.165) is 6.08 Å². The molecule has 0 radical (unpaired) electrons. The number of carbonyl (C=O) groups is 2. The molecule has 1 amide bonds. The van der Waals surface area contributed by atoms with Gasteiger partial charge in [0.05, 0.1) is 24.1 Å². The number of halogens is 3. The summed E-state index contributed by atoms with van der Waals surface area (Å²) in [6, 6.07) is 7.04. The molecule has 2 atom stereocenters. The predicted molar refractivity (Wildman–Crippen MR) is 112 cm³/mol. The Labute approximate surface area is 182 Å². The van der Waals surface area contributed by atoms with Crippen molar-refractivity contribution in [3.05, 3.63) is 47.5 Å². The van der Waals surface area contributed by atoms with Gasteiger partial charge in [0.2, 0.25) is 0 Å². The molecule has 0 saturated heterocycles. The molecule has 0 fully saturated rings. The first-order chi connectivity index (χ1) is 14.2. The molecule has 1 rings (SSSR count). The average Bonchev–Trinajstić information content (AvgIpc) is 2.59. The summed E-state index contributed by atoms with van der Waals surface area (Å²) in [5.41, 5.74) is -1.31. The number of amides is 1. The minimum absolute atomic E-state index is 0.0564. The summed E-state index contributed by atoms with van der Waals surface area (Å²) in [6.45, 7) is 9.78. The molecule has 5 nitrogen and oxygen atoms in total. The molecule has 0 heterocycles. The van der Waals surface area contributed by atoms with Crippen LogP contribution in [0.25, 0.3) is 0 Å². The van der Waals surface area contributed by atoms with Crippen LogP contribution >= 0.6 is 0 Å². The van der Waals surface area contributed by atoms with E-state index in [1.165, 1.54) is 0 Å². The van der Waals surface area contributed by atoms with E-state index in [9.17, 15) is 22.8 Å². The molecule has 0 bridgehead atoms. The lowest BCUT2D eigenvalue weighted by Crippen LogP contribution is -2.44. The molecule has 0 unspecified atom stereocenters. The van der Waals surface area contributed by atoms with E-state index < -0.39 is 47.3 Å². The highest BCUT2D eigenvalue weighted by atomic mass is 19.4. The third-order valence-corrected chi connectivity index (χ3v) is 4.31. The van der Waals surface area contributed by atoms with Gasteiger partial charge < -0.3 is 14.8 Å². The molecular formula is C23H32F3NO4. The van der Waals surface area contributed by atoms with Gasteiger partial charge in [0.25, 0.3) is 0 Å². The monoisotopic (exact) mass is 443 g/mol. The molecule has 8 heteroatoms. The third kappa shape index (κ3) is 9.44. The van der Waals surface area contributed by atoms with Crippen LogP contribution < -0.4 is 5.32 Å². The number of alkyl halides is 3. The van der Waals surface area contributed by atoms with Gasteiger partial charge in [-0.05, 0) is 45.6 Å². The molecule has 0 aliphatic rings. The van der Waals surface area contributed by atoms with Gasteiger partial charge >= 0.3 is 18.2 Å². The van der Waals surface area contributed by atoms with Gasteiger partial charge in [0.1, 0.15) is 5.60 Å². The van der Waals surface area contributed by atoms with Crippen molar-refractivity contribution in [1.29, 1.82) is 0 Å². The van der Waals surface area contributed by atoms with E-state index in [1.807, 2.05) is 0 Å². The van der Waals surface area contributed by atoms with Crippen LogP contribution in [0.2, 0.25) is 0 Å². The highest BCUT2D eigenvalue weighted by molar-refractivity contribution is 5.75. The Morgan fingerprint density at radius 2 is 1.68 bits per heavy atom. The maximum absolute atomic E-state index is 14.1. The summed E-state index contributed by atoms with van der Waals surface area (Å²) in [5, 5.41) is 2.34. The molecule has 0 saturated carbocycles. The highest BCUT2D eigenvalue weighted by Crippen LogP contribution is 2.33. The third-order valence-electron chi connectivity index (χ3n) is 4.31. The smallest absolute Gasteiger partial charge is 0.414 e. The van der Waals surface area contributed by atoms with E-state index in [4.69, 9.17) is 9.47 Å². The molecule has 0 aliphatic heterocycles. The predicted octanol–water partition coefficient (Wildman–Crippen LogP) is 5.45. The van der Waals surface area contributed by atoms with Crippen molar-refractivity contribution in [3.8, 4) is 0 Å². The fourth-order valence-corrected chi connectivity index (χ4v) is 2.91. The fraction of sp³-hybridized carbons (Fsp3) is 0.565. The van der Waals surface area contributed by atoms with Crippen LogP contribution in [0.1, 0.15) is 47.1 Å². The van der Waals surface area contributed by atoms with Gasteiger partial charge in [-0.25, -0.2) is 4.79 Å². The average molecular weight is 444 g/mol. The second-order valence-electron chi connectivity index (χ2n) is 8.53. The van der Waals surface area contributed by atoms with Gasteiger partial charge in [-0.3, -0.25) is 4.79 Å². The zero-order valence-corrected chi connectivity index (χ0v) is 18.9. The molecular weight excluding hydrogens is 411 g/mol. The van der Waals surface area contributed by atoms with Crippen molar-refractivity contribution in [2.45, 2.75) is 65.8 Å². The topological polar surface area (TPSA) is 64.6 Å². The van der Waals surface area contributed by atoms with Crippen molar-refractivity contribution in [3.63, 3.8) is 0 Å². The number of ether oxygens (including phenoxy) is 2. The van der Waals surface area contributed by atoms with Crippen LogP contribution in [-0.2, 0) is 20.7 Å². The molecule has 31 heavy (non-hydrogen) atoms. The Kier molecular flexibility index (Phi) is 9.59. The first-order valence-corrected chi connectivity index (χ1v) is 10.2. The van der Waals surface area contributed by atoms with Crippen molar-refractivity contribution in [2.75, 3.05) is 6.61 Å². The number of benzene rings is 1. The zero-order chi connectivity index (χ0) is 23.8. The van der Waals surface area contributed by atoms with Crippen LogP contribution in [-0.4, -0.2) is 36.5 Å². The number of esters is 1. The maximum atomic E-state index is 14.1. The van der Waals surface area contributed by atoms with Crippen molar-refractivity contribution in [2.24, 2.45) is 11.8 Å². The number of nitrogens with one attached hydrogen (secondary N) is 1. The Hall–Kier alpha value is -2.51. The first-order valence-electron chi connectivity index (χ1n) is 10.2. The van der Waals surface area contributed by atoms with Gasteiger partial charge in [-0.2, -0.15) is 13.2 Å². The van der Waals surface area contributed by atoms with Crippen LogP contribution in [0.4, 0.5) is 18.0 Å². The van der Waals surface area contributed by atoms with E-state index >= 15 is 0 Å². The second kappa shape index (κ2) is 11.2. The van der Waals surface area contributed by atoms with Gasteiger partial charge in [-0.15, -0.1) is 0 Å². The lowest BCUT2D eigenvalue weighted by Gasteiger charge is -2.28. The number of hydrogen-bond acceptors (Lipinski definition) is 4. The van der Waals surface area contributed by atoms with Crippen LogP contribution in [0.5, 0.6) is 0 Å². The molecule has 0 aliphatic carbocycles. The number of rotatable bonds is 8. The molecule has 174 valence electrons. The van der Waals surface area contributed by atoms with Gasteiger partial charge in [0, 0.05) is 0 Å². The lowest BCUT2D eigenvalue weighted by molar-refractivity contribution is -0.147. The zero-order valence-electron chi connectivity index (χ0n) is 18.9. The number of alkyl carbamates (subject to hydrolysis) is 1. The van der Waals surface area contributed by atoms with E-state index in [1.54, 1.807) is 71.9 Å². The lowest BCUT2D eigenvalue weighted by atomic mass is 9.89. The van der Waals surface area contributed by atoms with Crippen LogP contribution in [0.3, 0.4) is 0 Å². The van der Waals surface area contributed by atoms with E-state index in [-0.39, 0.29) is 13.0 Å². The number of hydrogen-bond donors (Lipinski definition) is 1. The quantitative estimate of drug-likeness (QED) is 0.429. The first kappa shape index (κ1) is 26.5. The summed E-state index contributed by atoms with van der Waals surface area (Å²) < 4.78 is 52.5. The van der Waals surface area contributed by atoms with E-state index in [2.05, 4.69) is 5.32 Å². The normalized spacial score (nSPS) is 14.7. The van der Waals surface area contributed by atoms with Crippen molar-refractivity contribution >= 4 is 12.1 Å². The summed E-state index contributed by atoms with van der Waals surface area (Å²) >= 11 is 0. The largest absolute Gasteiger partial charge is 0.466 e. The summed E-state index contributed by atoms with van der Waals surface area (Å²) in [4.78, 5) is 24.6.